The van der Waals surface area contributed by atoms with E-state index in [1.54, 1.807) is 28.6 Å². The highest BCUT2D eigenvalue weighted by Crippen LogP contribution is 2.09. The molecule has 1 aromatic rings. The van der Waals surface area contributed by atoms with Crippen LogP contribution >= 0.6 is 11.8 Å². The Labute approximate surface area is 124 Å². The van der Waals surface area contributed by atoms with Crippen molar-refractivity contribution in [3.8, 4) is 0 Å². The van der Waals surface area contributed by atoms with Crippen molar-refractivity contribution >= 4 is 23.4 Å². The van der Waals surface area contributed by atoms with Gasteiger partial charge in [0, 0.05) is 37.0 Å². The van der Waals surface area contributed by atoms with E-state index in [9.17, 15) is 9.59 Å². The minimum absolute atomic E-state index is 0.0165. The Morgan fingerprint density at radius 3 is 2.75 bits per heavy atom. The van der Waals surface area contributed by atoms with Crippen LogP contribution in [0.2, 0.25) is 0 Å². The van der Waals surface area contributed by atoms with Crippen LogP contribution in [0.5, 0.6) is 0 Å². The number of nitrogens with zero attached hydrogens (tertiary/aromatic N) is 2. The average molecular weight is 297 g/mol. The summed E-state index contributed by atoms with van der Waals surface area (Å²) in [5.74, 6) is 0.718. The molecule has 1 atom stereocenters. The van der Waals surface area contributed by atoms with E-state index < -0.39 is 0 Å². The van der Waals surface area contributed by atoms with Gasteiger partial charge in [0.15, 0.2) is 0 Å². The van der Waals surface area contributed by atoms with E-state index in [4.69, 9.17) is 0 Å². The molecular formula is C14H23N3O2S. The van der Waals surface area contributed by atoms with Crippen LogP contribution in [-0.2, 0) is 11.3 Å². The maximum absolute atomic E-state index is 11.9. The molecule has 0 bridgehead atoms. The summed E-state index contributed by atoms with van der Waals surface area (Å²) in [7, 11) is 3.92. The molecule has 20 heavy (non-hydrogen) atoms. The fourth-order valence-electron chi connectivity index (χ4n) is 1.68. The average Bonchev–Trinajstić information content (AvgIpc) is 2.39. The summed E-state index contributed by atoms with van der Waals surface area (Å²) < 4.78 is 1.62. The lowest BCUT2D eigenvalue weighted by atomic mass is 10.2. The summed E-state index contributed by atoms with van der Waals surface area (Å²) in [5, 5.41) is 2.86. The second-order valence-electron chi connectivity index (χ2n) is 5.10. The van der Waals surface area contributed by atoms with E-state index >= 15 is 0 Å². The van der Waals surface area contributed by atoms with Crippen molar-refractivity contribution in [2.75, 3.05) is 38.0 Å². The molecular weight excluding hydrogens is 274 g/mol. The Bertz CT molecular complexity index is 499. The number of aromatic nitrogens is 1. The zero-order chi connectivity index (χ0) is 15.1. The third kappa shape index (κ3) is 5.38. The summed E-state index contributed by atoms with van der Waals surface area (Å²) in [6, 6.07) is 3.14. The minimum Gasteiger partial charge on any atom is -0.325 e. The van der Waals surface area contributed by atoms with Crippen molar-refractivity contribution in [3.05, 3.63) is 28.7 Å². The van der Waals surface area contributed by atoms with Gasteiger partial charge in [-0.15, -0.1) is 0 Å². The molecule has 1 rings (SSSR count). The predicted molar refractivity (Wildman–Crippen MR) is 85.4 cm³/mol. The van der Waals surface area contributed by atoms with Crippen LogP contribution in [0.4, 0.5) is 5.69 Å². The standard InChI is InChI=1S/C14H23N3O2S/c1-11(10-20-4)14(19)15-12-5-6-13(18)17(9-12)8-7-16(2)3/h5-6,9,11H,7-8,10H2,1-4H3,(H,15,19). The molecule has 5 nitrogen and oxygen atoms in total. The second kappa shape index (κ2) is 8.11. The lowest BCUT2D eigenvalue weighted by molar-refractivity contribution is -0.118. The molecule has 112 valence electrons. The number of carbonyl (C=O) groups is 1. The van der Waals surface area contributed by atoms with Gasteiger partial charge in [-0.05, 0) is 26.4 Å². The van der Waals surface area contributed by atoms with E-state index in [1.807, 2.05) is 32.2 Å². The number of rotatable bonds is 7. The zero-order valence-corrected chi connectivity index (χ0v) is 13.4. The fraction of sp³-hybridized carbons (Fsp3) is 0.571. The van der Waals surface area contributed by atoms with Gasteiger partial charge in [0.25, 0.3) is 5.56 Å². The molecule has 1 amide bonds. The molecule has 0 aliphatic heterocycles. The van der Waals surface area contributed by atoms with E-state index in [0.29, 0.717) is 12.2 Å². The van der Waals surface area contributed by atoms with Crippen LogP contribution in [-0.4, -0.2) is 48.0 Å². The number of carbonyl (C=O) groups excluding carboxylic acids is 1. The van der Waals surface area contributed by atoms with Crippen molar-refractivity contribution in [3.63, 3.8) is 0 Å². The first-order valence-electron chi connectivity index (χ1n) is 6.59. The van der Waals surface area contributed by atoms with Crippen molar-refractivity contribution in [1.29, 1.82) is 0 Å². The van der Waals surface area contributed by atoms with Gasteiger partial charge >= 0.3 is 0 Å². The number of pyridine rings is 1. The summed E-state index contributed by atoms with van der Waals surface area (Å²) in [6.45, 7) is 3.28. The van der Waals surface area contributed by atoms with Gasteiger partial charge in [-0.3, -0.25) is 9.59 Å². The molecule has 0 radical (unpaired) electrons. The first kappa shape index (κ1) is 16.8. The van der Waals surface area contributed by atoms with Crippen LogP contribution in [0.3, 0.4) is 0 Å². The molecule has 1 aromatic heterocycles. The number of hydrogen-bond acceptors (Lipinski definition) is 4. The summed E-state index contributed by atoms with van der Waals surface area (Å²) in [6.07, 6.45) is 3.68. The van der Waals surface area contributed by atoms with Crippen LogP contribution < -0.4 is 10.9 Å². The quantitative estimate of drug-likeness (QED) is 0.825. The van der Waals surface area contributed by atoms with Gasteiger partial charge < -0.3 is 14.8 Å². The monoisotopic (exact) mass is 297 g/mol. The second-order valence-corrected chi connectivity index (χ2v) is 6.01. The highest BCUT2D eigenvalue weighted by Gasteiger charge is 2.12. The smallest absolute Gasteiger partial charge is 0.250 e. The topological polar surface area (TPSA) is 54.3 Å². The number of nitrogens with one attached hydrogen (secondary N) is 1. The van der Waals surface area contributed by atoms with E-state index in [-0.39, 0.29) is 17.4 Å². The van der Waals surface area contributed by atoms with E-state index in [0.717, 1.165) is 12.3 Å². The third-order valence-electron chi connectivity index (χ3n) is 2.90. The van der Waals surface area contributed by atoms with Crippen molar-refractivity contribution in [2.24, 2.45) is 5.92 Å². The number of thioether (sulfide) groups is 1. The molecule has 0 aromatic carbocycles. The molecule has 1 heterocycles. The molecule has 6 heteroatoms. The number of amides is 1. The van der Waals surface area contributed by atoms with E-state index in [1.165, 1.54) is 6.07 Å². The molecule has 1 N–H and O–H groups in total. The summed E-state index contributed by atoms with van der Waals surface area (Å²) in [5.41, 5.74) is 0.614. The number of anilines is 1. The Morgan fingerprint density at radius 1 is 1.45 bits per heavy atom. The van der Waals surface area contributed by atoms with Gasteiger partial charge in [0.2, 0.25) is 5.91 Å². The molecule has 0 saturated carbocycles. The molecule has 0 aliphatic rings. The highest BCUT2D eigenvalue weighted by atomic mass is 32.2. The Morgan fingerprint density at radius 2 is 2.15 bits per heavy atom. The minimum atomic E-state index is -0.0537. The fourth-order valence-corrected chi connectivity index (χ4v) is 2.33. The van der Waals surface area contributed by atoms with Crippen LogP contribution in [0.15, 0.2) is 23.1 Å². The maximum Gasteiger partial charge on any atom is 0.250 e. The Kier molecular flexibility index (Phi) is 6.81. The van der Waals surface area contributed by atoms with E-state index in [2.05, 4.69) is 5.32 Å². The van der Waals surface area contributed by atoms with Crippen LogP contribution in [0.25, 0.3) is 0 Å². The molecule has 0 aliphatic carbocycles. The Hall–Kier alpha value is -1.27. The highest BCUT2D eigenvalue weighted by molar-refractivity contribution is 7.98. The molecule has 1 unspecified atom stereocenters. The summed E-state index contributed by atoms with van der Waals surface area (Å²) >= 11 is 1.64. The van der Waals surface area contributed by atoms with Gasteiger partial charge in [0.1, 0.15) is 0 Å². The van der Waals surface area contributed by atoms with Crippen molar-refractivity contribution in [1.82, 2.24) is 9.47 Å². The number of likely N-dealkylation sites (N-methyl/N-ethyl adjacent to an activating group) is 1. The lowest BCUT2D eigenvalue weighted by Gasteiger charge is -2.14. The summed E-state index contributed by atoms with van der Waals surface area (Å²) in [4.78, 5) is 25.7. The largest absolute Gasteiger partial charge is 0.325 e. The van der Waals surface area contributed by atoms with Crippen molar-refractivity contribution in [2.45, 2.75) is 13.5 Å². The van der Waals surface area contributed by atoms with Gasteiger partial charge in [-0.2, -0.15) is 11.8 Å². The third-order valence-corrected chi connectivity index (χ3v) is 3.74. The lowest BCUT2D eigenvalue weighted by Crippen LogP contribution is -2.27. The maximum atomic E-state index is 11.9. The number of hydrogen-bond donors (Lipinski definition) is 1. The molecule has 0 fully saturated rings. The Balaban J connectivity index is 2.74. The normalized spacial score (nSPS) is 12.4. The zero-order valence-electron chi connectivity index (χ0n) is 12.5. The molecule has 0 saturated heterocycles. The molecule has 0 spiro atoms. The first-order chi connectivity index (χ1) is 9.43. The van der Waals surface area contributed by atoms with Gasteiger partial charge in [-0.25, -0.2) is 0 Å². The van der Waals surface area contributed by atoms with Gasteiger partial charge in [0.05, 0.1) is 5.69 Å². The van der Waals surface area contributed by atoms with Crippen LogP contribution in [0, 0.1) is 5.92 Å². The van der Waals surface area contributed by atoms with Crippen molar-refractivity contribution < 1.29 is 4.79 Å². The SMILES string of the molecule is CSCC(C)C(=O)Nc1ccc(=O)n(CCN(C)C)c1. The first-order valence-corrected chi connectivity index (χ1v) is 7.98. The predicted octanol–water partition coefficient (Wildman–Crippen LogP) is 1.35. The van der Waals surface area contributed by atoms with Gasteiger partial charge in [-0.1, -0.05) is 6.92 Å². The van der Waals surface area contributed by atoms with Crippen LogP contribution in [0.1, 0.15) is 6.92 Å².